The Balaban J connectivity index is 3.90. The van der Waals surface area contributed by atoms with Crippen LogP contribution in [-0.2, 0) is 4.43 Å². The van der Waals surface area contributed by atoms with Crippen molar-refractivity contribution in [2.75, 3.05) is 0 Å². The Labute approximate surface area is 71.6 Å². The Bertz CT molecular complexity index is 133. The Hall–Kier alpha value is -0.243. The molecule has 0 atom stereocenters. The summed E-state index contributed by atoms with van der Waals surface area (Å²) < 4.78 is 5.83. The zero-order chi connectivity index (χ0) is 8.91. The molecule has 11 heavy (non-hydrogen) atoms. The summed E-state index contributed by atoms with van der Waals surface area (Å²) >= 11 is 0. The van der Waals surface area contributed by atoms with E-state index in [4.69, 9.17) is 4.43 Å². The first-order valence-electron chi connectivity index (χ1n) is 4.33. The molecule has 0 N–H and O–H groups in total. The first kappa shape index (κ1) is 10.8. The molecule has 0 aromatic rings. The average molecular weight is 172 g/mol. The summed E-state index contributed by atoms with van der Waals surface area (Å²) in [5.74, 6) is 1.17. The molecule has 0 saturated carbocycles. The molecule has 66 valence electrons. The van der Waals surface area contributed by atoms with Gasteiger partial charge in [0.15, 0.2) is 0 Å². The molecule has 0 aromatic carbocycles. The molecule has 0 fully saturated rings. The van der Waals surface area contributed by atoms with Gasteiger partial charge in [0.05, 0.1) is 5.76 Å². The van der Waals surface area contributed by atoms with Crippen molar-refractivity contribution in [1.82, 2.24) is 0 Å². The molecule has 0 amide bonds. The third-order valence-corrected chi connectivity index (χ3v) is 2.13. The molecule has 0 spiro atoms. The largest absolute Gasteiger partial charge is 0.548 e. The Morgan fingerprint density at radius 2 is 1.91 bits per heavy atom. The zero-order valence-electron chi connectivity index (χ0n) is 8.40. The van der Waals surface area contributed by atoms with E-state index in [1.807, 2.05) is 6.92 Å². The van der Waals surface area contributed by atoms with Crippen LogP contribution in [0, 0.1) is 0 Å². The molecule has 0 heterocycles. The highest BCUT2D eigenvalue weighted by Crippen LogP contribution is 2.14. The van der Waals surface area contributed by atoms with Crippen molar-refractivity contribution in [3.63, 3.8) is 0 Å². The molecule has 0 rings (SSSR count). The monoisotopic (exact) mass is 172 g/mol. The Morgan fingerprint density at radius 3 is 2.18 bits per heavy atom. The Kier molecular flexibility index (Phi) is 4.50. The third kappa shape index (κ3) is 6.17. The minimum absolute atomic E-state index is 1.08. The minimum Gasteiger partial charge on any atom is -0.548 e. The molecular weight excluding hydrogens is 152 g/mol. The second-order valence-electron chi connectivity index (χ2n) is 3.72. The predicted octanol–water partition coefficient (Wildman–Crippen LogP) is 3.54. The van der Waals surface area contributed by atoms with Crippen molar-refractivity contribution < 1.29 is 4.43 Å². The van der Waals surface area contributed by atoms with Crippen molar-refractivity contribution in [1.29, 1.82) is 0 Å². The fourth-order valence-electron chi connectivity index (χ4n) is 0.894. The SMILES string of the molecule is CC=C(CCC)O[Si](C)(C)C. The standard InChI is InChI=1S/C9H20OSi/c1-6-8-9(7-2)10-11(3,4)5/h7H,6,8H2,1-5H3. The molecule has 0 saturated heterocycles. The van der Waals surface area contributed by atoms with Crippen LogP contribution in [0.4, 0.5) is 0 Å². The number of rotatable bonds is 4. The number of hydrogen-bond acceptors (Lipinski definition) is 1. The molecule has 0 bridgehead atoms. The summed E-state index contributed by atoms with van der Waals surface area (Å²) in [6.45, 7) is 10.9. The fourth-order valence-corrected chi connectivity index (χ4v) is 1.90. The quantitative estimate of drug-likeness (QED) is 0.465. The lowest BCUT2D eigenvalue weighted by molar-refractivity contribution is 0.397. The predicted molar refractivity (Wildman–Crippen MR) is 53.1 cm³/mol. The van der Waals surface area contributed by atoms with E-state index in [2.05, 4.69) is 32.6 Å². The van der Waals surface area contributed by atoms with E-state index < -0.39 is 8.32 Å². The first-order valence-corrected chi connectivity index (χ1v) is 7.74. The van der Waals surface area contributed by atoms with Crippen LogP contribution in [0.5, 0.6) is 0 Å². The maximum absolute atomic E-state index is 5.83. The van der Waals surface area contributed by atoms with Crippen LogP contribution in [0.1, 0.15) is 26.7 Å². The highest BCUT2D eigenvalue weighted by Gasteiger charge is 2.16. The maximum atomic E-state index is 5.83. The van der Waals surface area contributed by atoms with Gasteiger partial charge >= 0.3 is 0 Å². The van der Waals surface area contributed by atoms with Crippen LogP contribution in [0.3, 0.4) is 0 Å². The van der Waals surface area contributed by atoms with Crippen LogP contribution >= 0.6 is 0 Å². The third-order valence-electron chi connectivity index (χ3n) is 1.26. The van der Waals surface area contributed by atoms with Gasteiger partial charge in [-0.05, 0) is 33.0 Å². The summed E-state index contributed by atoms with van der Waals surface area (Å²) in [5, 5.41) is 0. The van der Waals surface area contributed by atoms with Crippen molar-refractivity contribution in [2.24, 2.45) is 0 Å². The van der Waals surface area contributed by atoms with Gasteiger partial charge in [-0.3, -0.25) is 0 Å². The minimum atomic E-state index is -1.35. The molecule has 0 radical (unpaired) electrons. The van der Waals surface area contributed by atoms with E-state index in [1.54, 1.807) is 0 Å². The highest BCUT2D eigenvalue weighted by molar-refractivity contribution is 6.70. The van der Waals surface area contributed by atoms with E-state index in [-0.39, 0.29) is 0 Å². The van der Waals surface area contributed by atoms with Crippen LogP contribution in [0.25, 0.3) is 0 Å². The van der Waals surface area contributed by atoms with Gasteiger partial charge in [-0.1, -0.05) is 13.0 Å². The van der Waals surface area contributed by atoms with Crippen molar-refractivity contribution in [3.05, 3.63) is 11.8 Å². The van der Waals surface area contributed by atoms with Gasteiger partial charge in [-0.2, -0.15) is 0 Å². The van der Waals surface area contributed by atoms with Gasteiger partial charge in [0.1, 0.15) is 0 Å². The summed E-state index contributed by atoms with van der Waals surface area (Å²) in [6.07, 6.45) is 4.34. The molecule has 0 aliphatic heterocycles. The molecular formula is C9H20OSi. The average Bonchev–Trinajstić information content (AvgIpc) is 1.84. The molecule has 0 aliphatic rings. The second-order valence-corrected chi connectivity index (χ2v) is 8.15. The number of hydrogen-bond donors (Lipinski definition) is 0. The molecule has 0 aliphatic carbocycles. The van der Waals surface area contributed by atoms with Gasteiger partial charge in [0, 0.05) is 6.42 Å². The van der Waals surface area contributed by atoms with Gasteiger partial charge < -0.3 is 4.43 Å². The van der Waals surface area contributed by atoms with Gasteiger partial charge in [0.2, 0.25) is 8.32 Å². The summed E-state index contributed by atoms with van der Waals surface area (Å²) in [6, 6.07) is 0. The lowest BCUT2D eigenvalue weighted by Gasteiger charge is -2.21. The molecule has 0 aromatic heterocycles. The fraction of sp³-hybridized carbons (Fsp3) is 0.778. The lowest BCUT2D eigenvalue weighted by atomic mass is 10.3. The number of allylic oxidation sites excluding steroid dienone is 2. The van der Waals surface area contributed by atoms with Gasteiger partial charge in [0.25, 0.3) is 0 Å². The van der Waals surface area contributed by atoms with Crippen LogP contribution < -0.4 is 0 Å². The van der Waals surface area contributed by atoms with Crippen molar-refractivity contribution in [2.45, 2.75) is 46.3 Å². The maximum Gasteiger partial charge on any atom is 0.241 e. The van der Waals surface area contributed by atoms with Crippen molar-refractivity contribution >= 4 is 8.32 Å². The van der Waals surface area contributed by atoms with E-state index >= 15 is 0 Å². The van der Waals surface area contributed by atoms with E-state index in [1.165, 1.54) is 12.2 Å². The zero-order valence-corrected chi connectivity index (χ0v) is 9.40. The molecule has 0 unspecified atom stereocenters. The summed E-state index contributed by atoms with van der Waals surface area (Å²) in [5.41, 5.74) is 0. The lowest BCUT2D eigenvalue weighted by Crippen LogP contribution is -2.24. The summed E-state index contributed by atoms with van der Waals surface area (Å²) in [4.78, 5) is 0. The second kappa shape index (κ2) is 4.60. The van der Waals surface area contributed by atoms with E-state index in [0.29, 0.717) is 0 Å². The van der Waals surface area contributed by atoms with Gasteiger partial charge in [-0.25, -0.2) is 0 Å². The van der Waals surface area contributed by atoms with Gasteiger partial charge in [-0.15, -0.1) is 0 Å². The molecule has 1 nitrogen and oxygen atoms in total. The van der Waals surface area contributed by atoms with E-state index in [0.717, 1.165) is 6.42 Å². The smallest absolute Gasteiger partial charge is 0.241 e. The van der Waals surface area contributed by atoms with Crippen LogP contribution in [-0.4, -0.2) is 8.32 Å². The molecule has 2 heteroatoms. The topological polar surface area (TPSA) is 9.23 Å². The highest BCUT2D eigenvalue weighted by atomic mass is 28.4. The van der Waals surface area contributed by atoms with Crippen LogP contribution in [0.2, 0.25) is 19.6 Å². The summed E-state index contributed by atoms with van der Waals surface area (Å²) in [7, 11) is -1.35. The first-order chi connectivity index (χ1) is 4.99. The van der Waals surface area contributed by atoms with Crippen LogP contribution in [0.15, 0.2) is 11.8 Å². The van der Waals surface area contributed by atoms with Crippen molar-refractivity contribution in [3.8, 4) is 0 Å². The van der Waals surface area contributed by atoms with E-state index in [9.17, 15) is 0 Å². The Morgan fingerprint density at radius 1 is 1.36 bits per heavy atom. The normalized spacial score (nSPS) is 13.4.